The molecule has 0 spiro atoms. The van der Waals surface area contributed by atoms with Crippen LogP contribution < -0.4 is 5.73 Å². The van der Waals surface area contributed by atoms with Crippen LogP contribution in [-0.4, -0.2) is 0 Å². The van der Waals surface area contributed by atoms with Gasteiger partial charge in [-0.25, -0.2) is 8.78 Å². The predicted molar refractivity (Wildman–Crippen MR) is 66.2 cm³/mol. The third-order valence-electron chi connectivity index (χ3n) is 3.67. The standard InChI is InChI=1S/C15H13F2N/c16-13-7-3-6-11(14(13)17)15(18)12-8-9-4-1-2-5-10(9)12/h1-7,12,15H,8,18H2. The molecule has 2 atom stereocenters. The second-order valence-corrected chi connectivity index (χ2v) is 4.68. The fraction of sp³-hybridized carbons (Fsp3) is 0.200. The van der Waals surface area contributed by atoms with Crippen molar-refractivity contribution in [3.63, 3.8) is 0 Å². The summed E-state index contributed by atoms with van der Waals surface area (Å²) in [5.74, 6) is -1.58. The van der Waals surface area contributed by atoms with E-state index in [2.05, 4.69) is 0 Å². The highest BCUT2D eigenvalue weighted by atomic mass is 19.2. The van der Waals surface area contributed by atoms with Crippen LogP contribution in [0.3, 0.4) is 0 Å². The molecule has 2 aromatic carbocycles. The molecule has 1 aliphatic carbocycles. The molecule has 2 aromatic rings. The van der Waals surface area contributed by atoms with Gasteiger partial charge in [-0.05, 0) is 23.6 Å². The molecule has 0 radical (unpaired) electrons. The molecular formula is C15H13F2N. The van der Waals surface area contributed by atoms with E-state index in [-0.39, 0.29) is 11.5 Å². The second kappa shape index (κ2) is 4.18. The first-order chi connectivity index (χ1) is 8.68. The summed E-state index contributed by atoms with van der Waals surface area (Å²) in [6.07, 6.45) is 0.827. The summed E-state index contributed by atoms with van der Waals surface area (Å²) in [7, 11) is 0. The minimum Gasteiger partial charge on any atom is -0.323 e. The Balaban J connectivity index is 1.94. The fourth-order valence-electron chi connectivity index (χ4n) is 2.61. The summed E-state index contributed by atoms with van der Waals surface area (Å²) < 4.78 is 26.9. The topological polar surface area (TPSA) is 26.0 Å². The highest BCUT2D eigenvalue weighted by Crippen LogP contribution is 2.42. The van der Waals surface area contributed by atoms with E-state index >= 15 is 0 Å². The van der Waals surface area contributed by atoms with Gasteiger partial charge >= 0.3 is 0 Å². The molecule has 0 aliphatic heterocycles. The van der Waals surface area contributed by atoms with Crippen molar-refractivity contribution < 1.29 is 8.78 Å². The van der Waals surface area contributed by atoms with E-state index in [0.717, 1.165) is 18.1 Å². The highest BCUT2D eigenvalue weighted by Gasteiger charge is 2.33. The van der Waals surface area contributed by atoms with Crippen molar-refractivity contribution in [2.45, 2.75) is 18.4 Å². The Kier molecular flexibility index (Phi) is 2.63. The lowest BCUT2D eigenvalue weighted by molar-refractivity contribution is 0.449. The normalized spacial score (nSPS) is 18.9. The fourth-order valence-corrected chi connectivity index (χ4v) is 2.61. The van der Waals surface area contributed by atoms with Gasteiger partial charge in [0.1, 0.15) is 0 Å². The van der Waals surface area contributed by atoms with Crippen molar-refractivity contribution in [3.8, 4) is 0 Å². The van der Waals surface area contributed by atoms with Crippen molar-refractivity contribution in [2.75, 3.05) is 0 Å². The Morgan fingerprint density at radius 3 is 2.61 bits per heavy atom. The van der Waals surface area contributed by atoms with Crippen LogP contribution in [0.1, 0.15) is 28.7 Å². The van der Waals surface area contributed by atoms with Gasteiger partial charge in [0.05, 0.1) is 0 Å². The molecule has 0 heterocycles. The lowest BCUT2D eigenvalue weighted by Gasteiger charge is -2.35. The zero-order valence-corrected chi connectivity index (χ0v) is 9.74. The van der Waals surface area contributed by atoms with E-state index in [4.69, 9.17) is 5.73 Å². The van der Waals surface area contributed by atoms with Gasteiger partial charge in [-0.15, -0.1) is 0 Å². The monoisotopic (exact) mass is 245 g/mol. The number of fused-ring (bicyclic) bond motifs is 1. The molecule has 3 heteroatoms. The molecule has 18 heavy (non-hydrogen) atoms. The maximum atomic E-state index is 13.7. The van der Waals surface area contributed by atoms with Gasteiger partial charge < -0.3 is 5.73 Å². The summed E-state index contributed by atoms with van der Waals surface area (Å²) in [5, 5.41) is 0. The number of hydrogen-bond donors (Lipinski definition) is 1. The molecule has 0 bridgehead atoms. The van der Waals surface area contributed by atoms with Gasteiger partial charge in [0.2, 0.25) is 0 Å². The third kappa shape index (κ3) is 1.63. The lowest BCUT2D eigenvalue weighted by Crippen LogP contribution is -2.29. The van der Waals surface area contributed by atoms with Gasteiger partial charge in [0, 0.05) is 17.5 Å². The predicted octanol–water partition coefficient (Wildman–Crippen LogP) is 3.30. The molecule has 2 N–H and O–H groups in total. The lowest BCUT2D eigenvalue weighted by atomic mass is 9.72. The molecule has 1 nitrogen and oxygen atoms in total. The van der Waals surface area contributed by atoms with E-state index in [0.29, 0.717) is 0 Å². The van der Waals surface area contributed by atoms with Crippen LogP contribution in [0.15, 0.2) is 42.5 Å². The molecule has 3 rings (SSSR count). The minimum atomic E-state index is -0.837. The second-order valence-electron chi connectivity index (χ2n) is 4.68. The minimum absolute atomic E-state index is 0.0810. The number of hydrogen-bond acceptors (Lipinski definition) is 1. The summed E-state index contributed by atoms with van der Waals surface area (Å²) in [5.41, 5.74) is 8.73. The summed E-state index contributed by atoms with van der Waals surface area (Å²) in [6.45, 7) is 0. The smallest absolute Gasteiger partial charge is 0.163 e. The van der Waals surface area contributed by atoms with E-state index in [1.54, 1.807) is 6.07 Å². The quantitative estimate of drug-likeness (QED) is 0.863. The van der Waals surface area contributed by atoms with Crippen LogP contribution in [0, 0.1) is 11.6 Å². The molecule has 0 saturated heterocycles. The average molecular weight is 245 g/mol. The first-order valence-corrected chi connectivity index (χ1v) is 5.96. The number of halogens is 2. The summed E-state index contributed by atoms with van der Waals surface area (Å²) >= 11 is 0. The molecule has 0 fully saturated rings. The van der Waals surface area contributed by atoms with Gasteiger partial charge in [-0.2, -0.15) is 0 Å². The average Bonchev–Trinajstić information content (AvgIpc) is 2.34. The first-order valence-electron chi connectivity index (χ1n) is 5.96. The summed E-state index contributed by atoms with van der Waals surface area (Å²) in [4.78, 5) is 0. The van der Waals surface area contributed by atoms with Gasteiger partial charge in [-0.1, -0.05) is 36.4 Å². The zero-order chi connectivity index (χ0) is 12.7. The molecule has 0 aromatic heterocycles. The van der Waals surface area contributed by atoms with Gasteiger partial charge in [0.25, 0.3) is 0 Å². The van der Waals surface area contributed by atoms with Crippen LogP contribution in [0.2, 0.25) is 0 Å². The van der Waals surface area contributed by atoms with Crippen LogP contribution in [-0.2, 0) is 6.42 Å². The third-order valence-corrected chi connectivity index (χ3v) is 3.67. The number of benzene rings is 2. The van der Waals surface area contributed by atoms with Crippen LogP contribution in [0.25, 0.3) is 0 Å². The van der Waals surface area contributed by atoms with Crippen LogP contribution in [0.4, 0.5) is 8.78 Å². The van der Waals surface area contributed by atoms with E-state index < -0.39 is 17.7 Å². The van der Waals surface area contributed by atoms with E-state index in [1.807, 2.05) is 24.3 Å². The van der Waals surface area contributed by atoms with Crippen molar-refractivity contribution >= 4 is 0 Å². The number of nitrogens with two attached hydrogens (primary N) is 1. The SMILES string of the molecule is NC(c1cccc(F)c1F)C1Cc2ccccc21. The van der Waals surface area contributed by atoms with Crippen molar-refractivity contribution in [1.82, 2.24) is 0 Å². The number of rotatable bonds is 2. The highest BCUT2D eigenvalue weighted by molar-refractivity contribution is 5.43. The molecule has 0 saturated carbocycles. The van der Waals surface area contributed by atoms with E-state index in [1.165, 1.54) is 11.6 Å². The Hall–Kier alpha value is -1.74. The molecule has 0 amide bonds. The van der Waals surface area contributed by atoms with Crippen molar-refractivity contribution in [3.05, 3.63) is 70.8 Å². The Morgan fingerprint density at radius 2 is 1.83 bits per heavy atom. The van der Waals surface area contributed by atoms with Gasteiger partial charge in [-0.3, -0.25) is 0 Å². The molecular weight excluding hydrogens is 232 g/mol. The Labute approximate surface area is 104 Å². The molecule has 1 aliphatic rings. The largest absolute Gasteiger partial charge is 0.323 e. The molecule has 92 valence electrons. The van der Waals surface area contributed by atoms with Crippen LogP contribution in [0.5, 0.6) is 0 Å². The zero-order valence-electron chi connectivity index (χ0n) is 9.74. The van der Waals surface area contributed by atoms with E-state index in [9.17, 15) is 8.78 Å². The Bertz CT molecular complexity index is 595. The maximum Gasteiger partial charge on any atom is 0.163 e. The van der Waals surface area contributed by atoms with Crippen molar-refractivity contribution in [2.24, 2.45) is 5.73 Å². The Morgan fingerprint density at radius 1 is 1.06 bits per heavy atom. The maximum absolute atomic E-state index is 13.7. The van der Waals surface area contributed by atoms with Gasteiger partial charge in [0.15, 0.2) is 11.6 Å². The molecule has 2 unspecified atom stereocenters. The van der Waals surface area contributed by atoms with Crippen molar-refractivity contribution in [1.29, 1.82) is 0 Å². The summed E-state index contributed by atoms with van der Waals surface area (Å²) in [6, 6.07) is 11.6. The first kappa shape index (κ1) is 11.4. The van der Waals surface area contributed by atoms with Crippen LogP contribution >= 0.6 is 0 Å².